The van der Waals surface area contributed by atoms with Crippen molar-refractivity contribution in [1.29, 1.82) is 0 Å². The Hall–Kier alpha value is -0.0800. The topological polar surface area (TPSA) is 15.3 Å². The second-order valence-corrected chi connectivity index (χ2v) is 6.63. The molecule has 2 saturated heterocycles. The van der Waals surface area contributed by atoms with Gasteiger partial charge in [0.25, 0.3) is 0 Å². The lowest BCUT2D eigenvalue weighted by molar-refractivity contribution is 0.196. The molecule has 2 rings (SSSR count). The van der Waals surface area contributed by atoms with E-state index in [0.29, 0.717) is 0 Å². The van der Waals surface area contributed by atoms with Crippen molar-refractivity contribution in [2.45, 2.75) is 46.0 Å². The lowest BCUT2D eigenvalue weighted by Gasteiger charge is -2.31. The molecule has 4 atom stereocenters. The van der Waals surface area contributed by atoms with Gasteiger partial charge in [-0.2, -0.15) is 0 Å². The van der Waals surface area contributed by atoms with E-state index in [-0.39, 0.29) is 0 Å². The maximum Gasteiger partial charge on any atom is 0.00221 e. The molecule has 0 aromatic carbocycles. The third-order valence-electron chi connectivity index (χ3n) is 5.31. The minimum absolute atomic E-state index is 0.915. The van der Waals surface area contributed by atoms with Crippen LogP contribution >= 0.6 is 0 Å². The van der Waals surface area contributed by atoms with Gasteiger partial charge in [-0.3, -0.25) is 0 Å². The number of nitrogens with zero attached hydrogens (tertiary/aromatic N) is 1. The summed E-state index contributed by atoms with van der Waals surface area (Å²) in [5, 5.41) is 3.73. The van der Waals surface area contributed by atoms with Crippen LogP contribution in [0.3, 0.4) is 0 Å². The van der Waals surface area contributed by atoms with Gasteiger partial charge in [-0.25, -0.2) is 0 Å². The Morgan fingerprint density at radius 3 is 2.67 bits per heavy atom. The Morgan fingerprint density at radius 1 is 1.11 bits per heavy atom. The molecule has 18 heavy (non-hydrogen) atoms. The van der Waals surface area contributed by atoms with E-state index in [2.05, 4.69) is 31.1 Å². The summed E-state index contributed by atoms with van der Waals surface area (Å²) in [5.41, 5.74) is 0. The van der Waals surface area contributed by atoms with Gasteiger partial charge in [-0.05, 0) is 50.2 Å². The van der Waals surface area contributed by atoms with Crippen LogP contribution in [-0.2, 0) is 0 Å². The van der Waals surface area contributed by atoms with Crippen molar-refractivity contribution >= 4 is 0 Å². The summed E-state index contributed by atoms with van der Waals surface area (Å²) in [6.45, 7) is 9.90. The van der Waals surface area contributed by atoms with Gasteiger partial charge >= 0.3 is 0 Å². The molecule has 1 N–H and O–H groups in total. The zero-order valence-corrected chi connectivity index (χ0v) is 12.6. The zero-order chi connectivity index (χ0) is 13.0. The Balaban J connectivity index is 2.01. The predicted molar refractivity (Wildman–Crippen MR) is 78.8 cm³/mol. The van der Waals surface area contributed by atoms with Crippen LogP contribution in [0.15, 0.2) is 0 Å². The van der Waals surface area contributed by atoms with Gasteiger partial charge in [0, 0.05) is 13.1 Å². The van der Waals surface area contributed by atoms with Gasteiger partial charge in [0.15, 0.2) is 0 Å². The first-order valence-electron chi connectivity index (χ1n) is 8.15. The molecule has 2 fully saturated rings. The van der Waals surface area contributed by atoms with Crippen LogP contribution in [0, 0.1) is 23.7 Å². The first-order valence-corrected chi connectivity index (χ1v) is 8.15. The Kier molecular flexibility index (Phi) is 5.50. The lowest BCUT2D eigenvalue weighted by atomic mass is 9.74. The second-order valence-electron chi connectivity index (χ2n) is 6.63. The highest BCUT2D eigenvalue weighted by atomic mass is 15.1. The number of hydrogen-bond donors (Lipinski definition) is 1. The van der Waals surface area contributed by atoms with Gasteiger partial charge in [0.05, 0.1) is 0 Å². The lowest BCUT2D eigenvalue weighted by Crippen LogP contribution is -2.29. The standard InChI is InChI=1S/C16H32N2/c1-4-6-7-8-15-13(5-2)9-17-10-14-11-18(3)12-16(14)15/h13-17H,4-12H2,1-3H3. The smallest absolute Gasteiger partial charge is 0.00221 e. The summed E-state index contributed by atoms with van der Waals surface area (Å²) >= 11 is 0. The largest absolute Gasteiger partial charge is 0.316 e. The highest BCUT2D eigenvalue weighted by molar-refractivity contribution is 4.93. The molecule has 2 aliphatic rings. The molecule has 2 heteroatoms. The maximum absolute atomic E-state index is 3.73. The molecule has 106 valence electrons. The van der Waals surface area contributed by atoms with Crippen LogP contribution in [0.25, 0.3) is 0 Å². The van der Waals surface area contributed by atoms with Crippen molar-refractivity contribution in [1.82, 2.24) is 10.2 Å². The first-order chi connectivity index (χ1) is 8.76. The molecule has 0 aromatic rings. The van der Waals surface area contributed by atoms with Crippen molar-refractivity contribution < 1.29 is 0 Å². The molecule has 2 aliphatic heterocycles. The molecule has 2 heterocycles. The number of rotatable bonds is 5. The van der Waals surface area contributed by atoms with E-state index in [1.165, 1.54) is 58.3 Å². The van der Waals surface area contributed by atoms with Gasteiger partial charge in [0.1, 0.15) is 0 Å². The number of unbranched alkanes of at least 4 members (excludes halogenated alkanes) is 2. The van der Waals surface area contributed by atoms with Gasteiger partial charge < -0.3 is 10.2 Å². The van der Waals surface area contributed by atoms with E-state index in [4.69, 9.17) is 0 Å². The number of likely N-dealkylation sites (tertiary alicyclic amines) is 1. The molecule has 0 bridgehead atoms. The van der Waals surface area contributed by atoms with Crippen LogP contribution < -0.4 is 5.32 Å². The zero-order valence-electron chi connectivity index (χ0n) is 12.6. The molecule has 0 aliphatic carbocycles. The summed E-state index contributed by atoms with van der Waals surface area (Å²) in [7, 11) is 2.30. The molecule has 2 nitrogen and oxygen atoms in total. The fraction of sp³-hybridized carbons (Fsp3) is 1.00. The van der Waals surface area contributed by atoms with Crippen molar-refractivity contribution in [2.75, 3.05) is 33.2 Å². The van der Waals surface area contributed by atoms with Gasteiger partial charge in [0.2, 0.25) is 0 Å². The summed E-state index contributed by atoms with van der Waals surface area (Å²) in [6, 6.07) is 0. The average molecular weight is 252 g/mol. The van der Waals surface area contributed by atoms with E-state index < -0.39 is 0 Å². The third-order valence-corrected chi connectivity index (χ3v) is 5.31. The van der Waals surface area contributed by atoms with Crippen molar-refractivity contribution in [3.63, 3.8) is 0 Å². The molecule has 0 spiro atoms. The number of nitrogens with one attached hydrogen (secondary N) is 1. The van der Waals surface area contributed by atoms with Crippen molar-refractivity contribution in [3.05, 3.63) is 0 Å². The highest BCUT2D eigenvalue weighted by Gasteiger charge is 2.40. The summed E-state index contributed by atoms with van der Waals surface area (Å²) in [6.07, 6.45) is 7.06. The molecule has 4 unspecified atom stereocenters. The minimum atomic E-state index is 0.915. The van der Waals surface area contributed by atoms with Gasteiger partial charge in [-0.15, -0.1) is 0 Å². The third kappa shape index (κ3) is 3.27. The van der Waals surface area contributed by atoms with Crippen LogP contribution in [0.2, 0.25) is 0 Å². The SMILES string of the molecule is CCCCCC1C(CC)CNCC2CN(C)CC21. The highest BCUT2D eigenvalue weighted by Crippen LogP contribution is 2.39. The molecular formula is C16H32N2. The number of hydrogen-bond acceptors (Lipinski definition) is 2. The van der Waals surface area contributed by atoms with Crippen LogP contribution in [-0.4, -0.2) is 38.1 Å². The van der Waals surface area contributed by atoms with Gasteiger partial charge in [-0.1, -0.05) is 39.5 Å². The monoisotopic (exact) mass is 252 g/mol. The summed E-state index contributed by atoms with van der Waals surface area (Å²) in [4.78, 5) is 2.56. The normalized spacial score (nSPS) is 37.5. The van der Waals surface area contributed by atoms with Crippen LogP contribution in [0.4, 0.5) is 0 Å². The average Bonchev–Trinajstić information content (AvgIpc) is 2.65. The van der Waals surface area contributed by atoms with E-state index >= 15 is 0 Å². The minimum Gasteiger partial charge on any atom is -0.316 e. The number of fused-ring (bicyclic) bond motifs is 1. The summed E-state index contributed by atoms with van der Waals surface area (Å²) < 4.78 is 0. The van der Waals surface area contributed by atoms with E-state index in [9.17, 15) is 0 Å². The van der Waals surface area contributed by atoms with Crippen molar-refractivity contribution in [3.8, 4) is 0 Å². The van der Waals surface area contributed by atoms with Crippen LogP contribution in [0.5, 0.6) is 0 Å². The molecule has 0 amide bonds. The van der Waals surface area contributed by atoms with E-state index in [0.717, 1.165) is 23.7 Å². The second kappa shape index (κ2) is 6.91. The molecule has 0 radical (unpaired) electrons. The van der Waals surface area contributed by atoms with E-state index in [1.807, 2.05) is 0 Å². The fourth-order valence-electron chi connectivity index (χ4n) is 4.30. The molecule has 0 saturated carbocycles. The maximum atomic E-state index is 3.73. The quantitative estimate of drug-likeness (QED) is 0.757. The fourth-order valence-corrected chi connectivity index (χ4v) is 4.30. The molecule has 0 aromatic heterocycles. The Bertz CT molecular complexity index is 241. The summed E-state index contributed by atoms with van der Waals surface area (Å²) in [5.74, 6) is 3.78. The van der Waals surface area contributed by atoms with Crippen LogP contribution in [0.1, 0.15) is 46.0 Å². The molecular weight excluding hydrogens is 220 g/mol. The Labute approximate surface area is 114 Å². The van der Waals surface area contributed by atoms with E-state index in [1.54, 1.807) is 0 Å². The first kappa shape index (κ1) is 14.3. The van der Waals surface area contributed by atoms with Crippen molar-refractivity contribution in [2.24, 2.45) is 23.7 Å². The predicted octanol–water partition coefficient (Wildman–Crippen LogP) is 2.99. The Morgan fingerprint density at radius 2 is 1.94 bits per heavy atom.